The lowest BCUT2D eigenvalue weighted by molar-refractivity contribution is 0.0592. The molecule has 96 valence electrons. The van der Waals surface area contributed by atoms with E-state index in [9.17, 15) is 9.59 Å². The number of carbonyl (C=O) groups excluding carboxylic acids is 1. The fourth-order valence-corrected chi connectivity index (χ4v) is 3.13. The molecule has 0 amide bonds. The number of fused-ring (bicyclic) bond motifs is 3. The minimum Gasteiger partial charge on any atom is -0.464 e. The van der Waals surface area contributed by atoms with Crippen LogP contribution in [-0.4, -0.2) is 22.5 Å². The fraction of sp³-hybridized carbons (Fsp3) is 0.154. The van der Waals surface area contributed by atoms with Crippen LogP contribution in [-0.2, 0) is 4.74 Å². The highest BCUT2D eigenvalue weighted by Gasteiger charge is 2.16. The van der Waals surface area contributed by atoms with E-state index < -0.39 is 11.5 Å². The normalized spacial score (nSPS) is 11.1. The van der Waals surface area contributed by atoms with Gasteiger partial charge in [0, 0.05) is 6.07 Å². The van der Waals surface area contributed by atoms with Gasteiger partial charge in [0.1, 0.15) is 5.69 Å². The summed E-state index contributed by atoms with van der Waals surface area (Å²) in [5.74, 6) is -0.547. The number of carbonyl (C=O) groups is 1. The van der Waals surface area contributed by atoms with Crippen LogP contribution in [0.4, 0.5) is 0 Å². The van der Waals surface area contributed by atoms with Crippen LogP contribution in [0.15, 0.2) is 29.1 Å². The number of thiazole rings is 1. The number of benzene rings is 1. The third-order valence-electron chi connectivity index (χ3n) is 2.85. The molecule has 0 radical (unpaired) electrons. The maximum atomic E-state index is 11.8. The fourth-order valence-electron chi connectivity index (χ4n) is 2.00. The van der Waals surface area contributed by atoms with Crippen molar-refractivity contribution in [3.05, 3.63) is 45.9 Å². The van der Waals surface area contributed by atoms with Crippen LogP contribution in [0.25, 0.3) is 15.2 Å². The van der Waals surface area contributed by atoms with E-state index in [-0.39, 0.29) is 5.69 Å². The van der Waals surface area contributed by atoms with Crippen molar-refractivity contribution < 1.29 is 9.53 Å². The van der Waals surface area contributed by atoms with Crippen molar-refractivity contribution in [1.29, 1.82) is 0 Å². The van der Waals surface area contributed by atoms with Gasteiger partial charge in [-0.05, 0) is 24.6 Å². The average molecular weight is 274 g/mol. The molecule has 0 spiro atoms. The Bertz CT molecular complexity index is 863. The van der Waals surface area contributed by atoms with Gasteiger partial charge in [0.05, 0.1) is 17.3 Å². The van der Waals surface area contributed by atoms with Crippen molar-refractivity contribution in [1.82, 2.24) is 9.38 Å². The van der Waals surface area contributed by atoms with Crippen molar-refractivity contribution in [3.63, 3.8) is 0 Å². The maximum absolute atomic E-state index is 11.8. The predicted octanol–water partition coefficient (Wildman–Crippen LogP) is 2.00. The zero-order valence-corrected chi connectivity index (χ0v) is 11.2. The van der Waals surface area contributed by atoms with Gasteiger partial charge in [-0.25, -0.2) is 4.79 Å². The molecular weight excluding hydrogens is 264 g/mol. The summed E-state index contributed by atoms with van der Waals surface area (Å²) in [4.78, 5) is 27.8. The summed E-state index contributed by atoms with van der Waals surface area (Å²) in [7, 11) is 1.29. The van der Waals surface area contributed by atoms with E-state index in [1.165, 1.54) is 24.5 Å². The Hall–Kier alpha value is -2.21. The molecule has 1 aromatic carbocycles. The standard InChI is InChI=1S/C13H10N2O3S/c1-7-3-4-8-10(5-7)19-13-14-11(16)6-9(15(8)13)12(17)18-2/h3-6H,1-2H3. The first kappa shape index (κ1) is 11.9. The van der Waals surface area contributed by atoms with E-state index in [0.29, 0.717) is 4.96 Å². The Morgan fingerprint density at radius 2 is 2.16 bits per heavy atom. The second kappa shape index (κ2) is 4.17. The summed E-state index contributed by atoms with van der Waals surface area (Å²) < 4.78 is 7.35. The molecule has 0 unspecified atom stereocenters. The Balaban J connectivity index is 2.51. The molecule has 0 atom stereocenters. The van der Waals surface area contributed by atoms with E-state index in [2.05, 4.69) is 4.98 Å². The van der Waals surface area contributed by atoms with Gasteiger partial charge < -0.3 is 4.74 Å². The smallest absolute Gasteiger partial charge is 0.355 e. The van der Waals surface area contributed by atoms with E-state index in [1.807, 2.05) is 25.1 Å². The summed E-state index contributed by atoms with van der Waals surface area (Å²) in [6.07, 6.45) is 0. The number of methoxy groups -OCH3 is 1. The Kier molecular flexibility index (Phi) is 2.60. The van der Waals surface area contributed by atoms with Crippen molar-refractivity contribution >= 4 is 32.5 Å². The predicted molar refractivity (Wildman–Crippen MR) is 72.9 cm³/mol. The Morgan fingerprint density at radius 1 is 1.37 bits per heavy atom. The number of hydrogen-bond donors (Lipinski definition) is 0. The lowest BCUT2D eigenvalue weighted by Crippen LogP contribution is -2.15. The van der Waals surface area contributed by atoms with Gasteiger partial charge in [0.25, 0.3) is 5.56 Å². The van der Waals surface area contributed by atoms with Gasteiger partial charge in [0.15, 0.2) is 4.96 Å². The lowest BCUT2D eigenvalue weighted by Gasteiger charge is -2.03. The SMILES string of the molecule is COC(=O)c1cc(=O)nc2sc3cc(C)ccc3n12. The van der Waals surface area contributed by atoms with E-state index in [0.717, 1.165) is 15.8 Å². The zero-order valence-electron chi connectivity index (χ0n) is 10.3. The third-order valence-corrected chi connectivity index (χ3v) is 3.85. The summed E-state index contributed by atoms with van der Waals surface area (Å²) in [6, 6.07) is 7.06. The molecule has 0 N–H and O–H groups in total. The number of hydrogen-bond acceptors (Lipinski definition) is 5. The largest absolute Gasteiger partial charge is 0.464 e. The van der Waals surface area contributed by atoms with E-state index >= 15 is 0 Å². The molecule has 5 nitrogen and oxygen atoms in total. The van der Waals surface area contributed by atoms with Crippen LogP contribution in [0.2, 0.25) is 0 Å². The first-order valence-electron chi connectivity index (χ1n) is 5.61. The number of esters is 1. The summed E-state index contributed by atoms with van der Waals surface area (Å²) in [5, 5.41) is 0. The molecular formula is C13H10N2O3S. The molecule has 0 fully saturated rings. The Labute approximate surface area is 112 Å². The number of aromatic nitrogens is 2. The quantitative estimate of drug-likeness (QED) is 0.637. The van der Waals surface area contributed by atoms with Gasteiger partial charge in [0.2, 0.25) is 0 Å². The number of nitrogens with zero attached hydrogens (tertiary/aromatic N) is 2. The molecule has 2 heterocycles. The number of aryl methyl sites for hydroxylation is 1. The second-order valence-corrected chi connectivity index (χ2v) is 5.17. The van der Waals surface area contributed by atoms with Crippen molar-refractivity contribution in [2.75, 3.05) is 7.11 Å². The van der Waals surface area contributed by atoms with Gasteiger partial charge in [-0.1, -0.05) is 17.4 Å². The second-order valence-electron chi connectivity index (χ2n) is 4.16. The highest BCUT2D eigenvalue weighted by atomic mass is 32.1. The van der Waals surface area contributed by atoms with Crippen LogP contribution in [0.1, 0.15) is 16.1 Å². The summed E-state index contributed by atoms with van der Waals surface area (Å²) in [6.45, 7) is 1.99. The van der Waals surface area contributed by atoms with Crippen LogP contribution in [0, 0.1) is 6.92 Å². The van der Waals surface area contributed by atoms with Crippen molar-refractivity contribution in [2.24, 2.45) is 0 Å². The molecule has 19 heavy (non-hydrogen) atoms. The molecule has 6 heteroatoms. The van der Waals surface area contributed by atoms with Crippen molar-refractivity contribution in [2.45, 2.75) is 6.92 Å². The molecule has 0 aliphatic rings. The third kappa shape index (κ3) is 1.80. The average Bonchev–Trinajstić information content (AvgIpc) is 2.73. The number of rotatable bonds is 1. The summed E-state index contributed by atoms with van der Waals surface area (Å²) in [5.41, 5.74) is 1.72. The zero-order chi connectivity index (χ0) is 13.6. The molecule has 3 rings (SSSR count). The molecule has 0 saturated carbocycles. The lowest BCUT2D eigenvalue weighted by atomic mass is 10.2. The minimum atomic E-state index is -0.547. The summed E-state index contributed by atoms with van der Waals surface area (Å²) >= 11 is 1.38. The van der Waals surface area contributed by atoms with E-state index in [1.54, 1.807) is 4.40 Å². The maximum Gasteiger partial charge on any atom is 0.355 e. The van der Waals surface area contributed by atoms with Gasteiger partial charge in [-0.2, -0.15) is 4.98 Å². The minimum absolute atomic E-state index is 0.201. The molecule has 0 aliphatic carbocycles. The topological polar surface area (TPSA) is 60.7 Å². The molecule has 0 saturated heterocycles. The van der Waals surface area contributed by atoms with Crippen molar-refractivity contribution in [3.8, 4) is 0 Å². The highest BCUT2D eigenvalue weighted by Crippen LogP contribution is 2.26. The van der Waals surface area contributed by atoms with Crippen LogP contribution < -0.4 is 5.56 Å². The first-order valence-corrected chi connectivity index (χ1v) is 6.43. The van der Waals surface area contributed by atoms with Crippen LogP contribution in [0.3, 0.4) is 0 Å². The molecule has 2 aromatic heterocycles. The van der Waals surface area contributed by atoms with Gasteiger partial charge in [-0.15, -0.1) is 0 Å². The highest BCUT2D eigenvalue weighted by molar-refractivity contribution is 7.23. The first-order chi connectivity index (χ1) is 9.10. The van der Waals surface area contributed by atoms with Crippen LogP contribution >= 0.6 is 11.3 Å². The van der Waals surface area contributed by atoms with Gasteiger partial charge >= 0.3 is 5.97 Å². The van der Waals surface area contributed by atoms with E-state index in [4.69, 9.17) is 4.74 Å². The molecule has 0 bridgehead atoms. The molecule has 3 aromatic rings. The van der Waals surface area contributed by atoms with Crippen LogP contribution in [0.5, 0.6) is 0 Å². The van der Waals surface area contributed by atoms with Gasteiger partial charge in [-0.3, -0.25) is 9.20 Å². The molecule has 0 aliphatic heterocycles. The Morgan fingerprint density at radius 3 is 2.89 bits per heavy atom. The number of ether oxygens (including phenoxy) is 1. The monoisotopic (exact) mass is 274 g/mol.